The Morgan fingerprint density at radius 1 is 0.776 bits per heavy atom. The number of aliphatic hydroxyl groups is 1. The highest BCUT2D eigenvalue weighted by molar-refractivity contribution is 7.89. The Morgan fingerprint density at radius 2 is 1.43 bits per heavy atom. The number of carbonyl (C=O) groups is 1. The molecule has 300 valence electrons. The summed E-state index contributed by atoms with van der Waals surface area (Å²) < 4.78 is 42.6. The number of benzene rings is 6. The summed E-state index contributed by atoms with van der Waals surface area (Å²) in [4.78, 5) is 16.1. The van der Waals surface area contributed by atoms with Gasteiger partial charge in [0.15, 0.2) is 6.29 Å². The average Bonchev–Trinajstić information content (AvgIpc) is 3.25. The molecule has 1 heterocycles. The topological polar surface area (TPSA) is 117 Å². The molecule has 1 aliphatic heterocycles. The molecule has 5 unspecified atom stereocenters. The highest BCUT2D eigenvalue weighted by atomic mass is 32.2. The van der Waals surface area contributed by atoms with Gasteiger partial charge in [-0.3, -0.25) is 9.69 Å². The van der Waals surface area contributed by atoms with E-state index in [2.05, 4.69) is 71.4 Å². The molecule has 0 aliphatic carbocycles. The van der Waals surface area contributed by atoms with Crippen LogP contribution in [0.4, 0.5) is 0 Å². The molecule has 0 spiro atoms. The zero-order valence-electron chi connectivity index (χ0n) is 33.1. The smallest absolute Gasteiger partial charge is 0.241 e. The summed E-state index contributed by atoms with van der Waals surface area (Å²) in [6, 6.07) is 45.6. The molecule has 7 rings (SSSR count). The van der Waals surface area contributed by atoms with Crippen LogP contribution in [0.15, 0.2) is 150 Å². The number of nitrogens with one attached hydrogen (secondary N) is 2. The molecule has 1 fully saturated rings. The fourth-order valence-electron chi connectivity index (χ4n) is 7.35. The van der Waals surface area contributed by atoms with Crippen LogP contribution in [0.3, 0.4) is 0 Å². The van der Waals surface area contributed by atoms with E-state index >= 15 is 0 Å². The number of hydrogen-bond acceptors (Lipinski definition) is 7. The second-order valence-electron chi connectivity index (χ2n) is 15.2. The number of ether oxygens (including phenoxy) is 2. The van der Waals surface area contributed by atoms with Crippen molar-refractivity contribution in [3.05, 3.63) is 185 Å². The van der Waals surface area contributed by atoms with E-state index in [1.165, 1.54) is 16.3 Å². The number of carbonyl (C=O) groups excluding carboxylic acids is 1. The van der Waals surface area contributed by atoms with Crippen LogP contribution in [0, 0.1) is 6.92 Å². The van der Waals surface area contributed by atoms with Crippen LogP contribution in [0.25, 0.3) is 10.8 Å². The van der Waals surface area contributed by atoms with Gasteiger partial charge in [0.25, 0.3) is 0 Å². The number of aryl methyl sites for hydroxylation is 1. The van der Waals surface area contributed by atoms with Gasteiger partial charge in [-0.05, 0) is 84.1 Å². The van der Waals surface area contributed by atoms with E-state index in [0.29, 0.717) is 13.0 Å². The maximum atomic E-state index is 13.6. The van der Waals surface area contributed by atoms with Crippen molar-refractivity contribution in [2.45, 2.75) is 75.3 Å². The van der Waals surface area contributed by atoms with E-state index in [4.69, 9.17) is 9.47 Å². The van der Waals surface area contributed by atoms with Gasteiger partial charge in [-0.25, -0.2) is 8.42 Å². The van der Waals surface area contributed by atoms with Crippen LogP contribution in [0.1, 0.15) is 70.7 Å². The van der Waals surface area contributed by atoms with Gasteiger partial charge < -0.3 is 19.9 Å². The summed E-state index contributed by atoms with van der Waals surface area (Å²) in [5.74, 6) is -0.428. The summed E-state index contributed by atoms with van der Waals surface area (Å²) >= 11 is 0. The standard InChI is InChI=1S/C48H51N3O6S/c1-33-13-25-44(26-14-33)58(54,55)50-45(27-35-9-5-4-6-10-35)47(53)49-30-36-15-21-40(22-16-36)48-56-43(29-46(57-48)39-19-17-37(32-52)18-20-39)31-51(3)34(2)41-24-23-38-11-7-8-12-42(38)28-41/h4-26,28,34,43,45-46,48,50,52H,27,29-32H2,1-3H3,(H,49,53). The minimum absolute atomic E-state index is 0.0266. The third-order valence-electron chi connectivity index (χ3n) is 11.0. The fourth-order valence-corrected chi connectivity index (χ4v) is 8.55. The number of aliphatic hydroxyl groups excluding tert-OH is 1. The Kier molecular flexibility index (Phi) is 13.1. The largest absolute Gasteiger partial charge is 0.392 e. The van der Waals surface area contributed by atoms with Gasteiger partial charge >= 0.3 is 0 Å². The Balaban J connectivity index is 1.04. The first kappa shape index (κ1) is 41.0. The van der Waals surface area contributed by atoms with Crippen molar-refractivity contribution in [3.63, 3.8) is 0 Å². The quantitative estimate of drug-likeness (QED) is 0.0963. The number of likely N-dealkylation sites (N-methyl/N-ethyl adjacent to an activating group) is 1. The van der Waals surface area contributed by atoms with Gasteiger partial charge in [-0.2, -0.15) is 4.72 Å². The summed E-state index contributed by atoms with van der Waals surface area (Å²) in [7, 11) is -1.84. The average molecular weight is 798 g/mol. The van der Waals surface area contributed by atoms with Crippen LogP contribution < -0.4 is 10.0 Å². The number of nitrogens with zero attached hydrogens (tertiary/aromatic N) is 1. The van der Waals surface area contributed by atoms with Crippen LogP contribution >= 0.6 is 0 Å². The van der Waals surface area contributed by atoms with Gasteiger partial charge in [0.2, 0.25) is 15.9 Å². The fraction of sp³-hybridized carbons (Fsp3) is 0.271. The molecule has 9 nitrogen and oxygen atoms in total. The lowest BCUT2D eigenvalue weighted by Crippen LogP contribution is -2.47. The molecule has 1 amide bonds. The van der Waals surface area contributed by atoms with Crippen LogP contribution in [-0.4, -0.2) is 50.1 Å². The van der Waals surface area contributed by atoms with Crippen molar-refractivity contribution in [3.8, 4) is 0 Å². The lowest BCUT2D eigenvalue weighted by Gasteiger charge is -2.39. The van der Waals surface area contributed by atoms with E-state index in [1.807, 2.05) is 85.8 Å². The van der Waals surface area contributed by atoms with E-state index in [0.717, 1.165) is 33.4 Å². The molecule has 6 aromatic rings. The first-order valence-corrected chi connectivity index (χ1v) is 21.2. The first-order chi connectivity index (χ1) is 28.0. The molecule has 3 N–H and O–H groups in total. The molecule has 10 heteroatoms. The first-order valence-electron chi connectivity index (χ1n) is 19.7. The second kappa shape index (κ2) is 18.6. The van der Waals surface area contributed by atoms with Crippen LogP contribution in [-0.2, 0) is 43.9 Å². The maximum absolute atomic E-state index is 13.6. The van der Waals surface area contributed by atoms with Gasteiger partial charge in [0, 0.05) is 31.1 Å². The van der Waals surface area contributed by atoms with Crippen molar-refractivity contribution in [1.82, 2.24) is 14.9 Å². The number of fused-ring (bicyclic) bond motifs is 1. The predicted molar refractivity (Wildman–Crippen MR) is 227 cm³/mol. The minimum atomic E-state index is -3.96. The van der Waals surface area contributed by atoms with E-state index < -0.39 is 28.3 Å². The normalized spacial score (nSPS) is 18.2. The third-order valence-corrected chi connectivity index (χ3v) is 12.5. The van der Waals surface area contributed by atoms with Crippen molar-refractivity contribution >= 4 is 26.7 Å². The Labute approximate surface area is 341 Å². The molecule has 0 saturated carbocycles. The molecule has 1 saturated heterocycles. The SMILES string of the molecule is Cc1ccc(S(=O)(=O)NC(Cc2ccccc2)C(=O)NCc2ccc(C3OC(CN(C)C(C)c4ccc5ccccc5c4)CC(c4ccc(CO)cc4)O3)cc2)cc1. The second-order valence-corrected chi connectivity index (χ2v) is 16.9. The van der Waals surface area contributed by atoms with Crippen molar-refractivity contribution in [1.29, 1.82) is 0 Å². The monoisotopic (exact) mass is 797 g/mol. The summed E-state index contributed by atoms with van der Waals surface area (Å²) in [6.07, 6.45) is -0.163. The summed E-state index contributed by atoms with van der Waals surface area (Å²) in [5.41, 5.74) is 6.54. The molecule has 5 atom stereocenters. The van der Waals surface area contributed by atoms with Gasteiger partial charge in [-0.1, -0.05) is 133 Å². The van der Waals surface area contributed by atoms with E-state index in [-0.39, 0.29) is 42.7 Å². The van der Waals surface area contributed by atoms with Gasteiger partial charge in [0.1, 0.15) is 6.04 Å². The molecule has 0 aromatic heterocycles. The van der Waals surface area contributed by atoms with Gasteiger partial charge in [-0.15, -0.1) is 0 Å². The number of rotatable bonds is 15. The van der Waals surface area contributed by atoms with Crippen molar-refractivity contribution in [2.75, 3.05) is 13.6 Å². The van der Waals surface area contributed by atoms with Crippen LogP contribution in [0.5, 0.6) is 0 Å². The molecular weight excluding hydrogens is 747 g/mol. The number of amides is 1. The van der Waals surface area contributed by atoms with Crippen LogP contribution in [0.2, 0.25) is 0 Å². The van der Waals surface area contributed by atoms with E-state index in [9.17, 15) is 18.3 Å². The highest BCUT2D eigenvalue weighted by Crippen LogP contribution is 2.39. The minimum Gasteiger partial charge on any atom is -0.392 e. The summed E-state index contributed by atoms with van der Waals surface area (Å²) in [5, 5.41) is 15.0. The maximum Gasteiger partial charge on any atom is 0.241 e. The predicted octanol–water partition coefficient (Wildman–Crippen LogP) is 8.08. The van der Waals surface area contributed by atoms with Crippen molar-refractivity contribution < 1.29 is 27.8 Å². The van der Waals surface area contributed by atoms with Crippen molar-refractivity contribution in [2.24, 2.45) is 0 Å². The third kappa shape index (κ3) is 10.3. The van der Waals surface area contributed by atoms with E-state index in [1.54, 1.807) is 24.3 Å². The Morgan fingerprint density at radius 3 is 2.14 bits per heavy atom. The Hall–Kier alpha value is -5.20. The molecule has 6 aromatic carbocycles. The highest BCUT2D eigenvalue weighted by Gasteiger charge is 2.34. The molecule has 0 bridgehead atoms. The van der Waals surface area contributed by atoms with Gasteiger partial charge in [0.05, 0.1) is 23.7 Å². The Bertz CT molecular complexity index is 2390. The lowest BCUT2D eigenvalue weighted by atomic mass is 9.98. The zero-order valence-corrected chi connectivity index (χ0v) is 33.9. The molecule has 0 radical (unpaired) electrons. The number of hydrogen-bond donors (Lipinski definition) is 3. The number of sulfonamides is 1. The summed E-state index contributed by atoms with van der Waals surface area (Å²) in [6.45, 7) is 4.95. The molecule has 1 aliphatic rings. The zero-order chi connectivity index (χ0) is 40.6. The molecule has 58 heavy (non-hydrogen) atoms. The molecular formula is C48H51N3O6S. The lowest BCUT2D eigenvalue weighted by molar-refractivity contribution is -0.253.